The first kappa shape index (κ1) is 15.0. The predicted molar refractivity (Wildman–Crippen MR) is 79.6 cm³/mol. The van der Waals surface area contributed by atoms with E-state index in [4.69, 9.17) is 5.73 Å². The van der Waals surface area contributed by atoms with Crippen LogP contribution in [0.15, 0.2) is 47.4 Å². The maximum atomic E-state index is 12.4. The molecule has 2 aromatic carbocycles. The zero-order valence-electron chi connectivity index (χ0n) is 11.3. The zero-order valence-corrected chi connectivity index (χ0v) is 12.1. The molecule has 0 heterocycles. The van der Waals surface area contributed by atoms with E-state index < -0.39 is 14.8 Å². The van der Waals surface area contributed by atoms with E-state index in [-0.39, 0.29) is 16.3 Å². The van der Waals surface area contributed by atoms with E-state index >= 15 is 0 Å². The molecule has 0 saturated heterocycles. The Balaban J connectivity index is 2.30. The van der Waals surface area contributed by atoms with Gasteiger partial charge in [0.1, 0.15) is 0 Å². The standard InChI is InChI=1S/C14H14N2O4S/c1-10-8-12(15)4-7-14(10)21(19,20)9-11-2-5-13(6-3-11)16(17)18/h2-8H,9,15H2,1H3. The number of aryl methyl sites for hydroxylation is 1. The molecule has 0 radical (unpaired) electrons. The summed E-state index contributed by atoms with van der Waals surface area (Å²) >= 11 is 0. The number of nitro benzene ring substituents is 1. The van der Waals surface area contributed by atoms with Gasteiger partial charge >= 0.3 is 0 Å². The van der Waals surface area contributed by atoms with Gasteiger partial charge in [0, 0.05) is 17.8 Å². The van der Waals surface area contributed by atoms with Gasteiger partial charge in [-0.25, -0.2) is 8.42 Å². The Hall–Kier alpha value is -2.41. The topological polar surface area (TPSA) is 103 Å². The van der Waals surface area contributed by atoms with E-state index in [0.717, 1.165) is 0 Å². The zero-order chi connectivity index (χ0) is 15.6. The highest BCUT2D eigenvalue weighted by Crippen LogP contribution is 2.23. The van der Waals surface area contributed by atoms with E-state index in [1.54, 1.807) is 13.0 Å². The summed E-state index contributed by atoms with van der Waals surface area (Å²) in [6.07, 6.45) is 0. The molecule has 0 atom stereocenters. The SMILES string of the molecule is Cc1cc(N)ccc1S(=O)(=O)Cc1ccc([N+](=O)[O-])cc1. The quantitative estimate of drug-likeness (QED) is 0.531. The number of nitrogens with two attached hydrogens (primary N) is 1. The van der Waals surface area contributed by atoms with E-state index in [2.05, 4.69) is 0 Å². The van der Waals surface area contributed by atoms with Crippen LogP contribution in [0.4, 0.5) is 11.4 Å². The van der Waals surface area contributed by atoms with Crippen molar-refractivity contribution >= 4 is 21.2 Å². The first-order valence-corrected chi connectivity index (χ1v) is 7.77. The molecule has 2 N–H and O–H groups in total. The van der Waals surface area contributed by atoms with Crippen LogP contribution in [-0.2, 0) is 15.6 Å². The van der Waals surface area contributed by atoms with Crippen molar-refractivity contribution in [2.75, 3.05) is 5.73 Å². The lowest BCUT2D eigenvalue weighted by Gasteiger charge is -2.08. The van der Waals surface area contributed by atoms with Crippen LogP contribution < -0.4 is 5.73 Å². The summed E-state index contributed by atoms with van der Waals surface area (Å²) in [6, 6.07) is 10.1. The molecule has 0 spiro atoms. The van der Waals surface area contributed by atoms with Crippen LogP contribution in [0.3, 0.4) is 0 Å². The summed E-state index contributed by atoms with van der Waals surface area (Å²) in [5, 5.41) is 10.6. The lowest BCUT2D eigenvalue weighted by atomic mass is 10.2. The second-order valence-corrected chi connectivity index (χ2v) is 6.67. The molecule has 0 unspecified atom stereocenters. The summed E-state index contributed by atoms with van der Waals surface area (Å²) in [7, 11) is -3.52. The molecular formula is C14H14N2O4S. The highest BCUT2D eigenvalue weighted by molar-refractivity contribution is 7.90. The van der Waals surface area contributed by atoms with Gasteiger partial charge in [-0.2, -0.15) is 0 Å². The number of nitrogens with zero attached hydrogens (tertiary/aromatic N) is 1. The average molecular weight is 306 g/mol. The first-order valence-electron chi connectivity index (χ1n) is 6.12. The fourth-order valence-electron chi connectivity index (χ4n) is 2.03. The Bertz CT molecular complexity index is 783. The molecule has 6 nitrogen and oxygen atoms in total. The molecule has 0 aliphatic carbocycles. The third-order valence-corrected chi connectivity index (χ3v) is 4.88. The van der Waals surface area contributed by atoms with Crippen molar-refractivity contribution in [3.63, 3.8) is 0 Å². The molecule has 0 amide bonds. The number of non-ortho nitro benzene ring substituents is 1. The second-order valence-electron chi connectivity index (χ2n) is 4.71. The molecule has 0 fully saturated rings. The maximum Gasteiger partial charge on any atom is 0.269 e. The minimum atomic E-state index is -3.52. The highest BCUT2D eigenvalue weighted by Gasteiger charge is 2.18. The Labute approximate surface area is 122 Å². The third kappa shape index (κ3) is 3.38. The monoisotopic (exact) mass is 306 g/mol. The lowest BCUT2D eigenvalue weighted by Crippen LogP contribution is -2.07. The van der Waals surface area contributed by atoms with E-state index in [1.807, 2.05) is 0 Å². The van der Waals surface area contributed by atoms with Crippen molar-refractivity contribution < 1.29 is 13.3 Å². The minimum Gasteiger partial charge on any atom is -0.399 e. The summed E-state index contributed by atoms with van der Waals surface area (Å²) in [6.45, 7) is 1.68. The van der Waals surface area contributed by atoms with Gasteiger partial charge in [-0.1, -0.05) is 12.1 Å². The number of benzene rings is 2. The number of sulfone groups is 1. The van der Waals surface area contributed by atoms with Gasteiger partial charge in [-0.15, -0.1) is 0 Å². The van der Waals surface area contributed by atoms with Gasteiger partial charge in [0.25, 0.3) is 5.69 Å². The molecule has 0 aromatic heterocycles. The minimum absolute atomic E-state index is 0.0696. The van der Waals surface area contributed by atoms with Crippen molar-refractivity contribution in [2.45, 2.75) is 17.6 Å². The fourth-order valence-corrected chi connectivity index (χ4v) is 3.64. The number of nitro groups is 1. The van der Waals surface area contributed by atoms with Gasteiger partial charge in [-0.3, -0.25) is 10.1 Å². The van der Waals surface area contributed by atoms with E-state index in [9.17, 15) is 18.5 Å². The van der Waals surface area contributed by atoms with Gasteiger partial charge in [-0.05, 0) is 36.2 Å². The molecule has 2 aromatic rings. The fraction of sp³-hybridized carbons (Fsp3) is 0.143. The van der Waals surface area contributed by atoms with Crippen molar-refractivity contribution in [3.8, 4) is 0 Å². The van der Waals surface area contributed by atoms with Crippen LogP contribution >= 0.6 is 0 Å². The normalized spacial score (nSPS) is 11.3. The highest BCUT2D eigenvalue weighted by atomic mass is 32.2. The summed E-state index contributed by atoms with van der Waals surface area (Å²) < 4.78 is 24.8. The molecule has 21 heavy (non-hydrogen) atoms. The molecular weight excluding hydrogens is 292 g/mol. The van der Waals surface area contributed by atoms with Crippen LogP contribution in [-0.4, -0.2) is 13.3 Å². The Kier molecular flexibility index (Phi) is 3.95. The van der Waals surface area contributed by atoms with Gasteiger partial charge in [0.05, 0.1) is 15.6 Å². The van der Waals surface area contributed by atoms with Crippen LogP contribution in [0.25, 0.3) is 0 Å². The Morgan fingerprint density at radius 1 is 1.14 bits per heavy atom. The van der Waals surface area contributed by atoms with Crippen LogP contribution in [0.2, 0.25) is 0 Å². The Morgan fingerprint density at radius 2 is 1.76 bits per heavy atom. The summed E-state index contributed by atoms with van der Waals surface area (Å²) in [5.41, 5.74) is 7.12. The maximum absolute atomic E-state index is 12.4. The Morgan fingerprint density at radius 3 is 2.29 bits per heavy atom. The van der Waals surface area contributed by atoms with Crippen LogP contribution in [0.1, 0.15) is 11.1 Å². The van der Waals surface area contributed by atoms with E-state index in [1.165, 1.54) is 36.4 Å². The number of hydrogen-bond donors (Lipinski definition) is 1. The van der Waals surface area contributed by atoms with Gasteiger partial charge < -0.3 is 5.73 Å². The molecule has 2 rings (SSSR count). The number of rotatable bonds is 4. The summed E-state index contributed by atoms with van der Waals surface area (Å²) in [5.74, 6) is -0.213. The molecule has 0 aliphatic heterocycles. The number of hydrogen-bond acceptors (Lipinski definition) is 5. The molecule has 7 heteroatoms. The van der Waals surface area contributed by atoms with Gasteiger partial charge in [0.15, 0.2) is 9.84 Å². The van der Waals surface area contributed by atoms with Crippen LogP contribution in [0, 0.1) is 17.0 Å². The largest absolute Gasteiger partial charge is 0.399 e. The predicted octanol–water partition coefficient (Wildman–Crippen LogP) is 2.46. The van der Waals surface area contributed by atoms with Crippen molar-refractivity contribution in [1.82, 2.24) is 0 Å². The first-order chi connectivity index (χ1) is 9.79. The summed E-state index contributed by atoms with van der Waals surface area (Å²) in [4.78, 5) is 10.3. The smallest absolute Gasteiger partial charge is 0.269 e. The molecule has 110 valence electrons. The van der Waals surface area contributed by atoms with Crippen molar-refractivity contribution in [1.29, 1.82) is 0 Å². The third-order valence-electron chi connectivity index (χ3n) is 3.04. The van der Waals surface area contributed by atoms with Crippen molar-refractivity contribution in [3.05, 3.63) is 63.7 Å². The van der Waals surface area contributed by atoms with Crippen molar-refractivity contribution in [2.24, 2.45) is 0 Å². The second kappa shape index (κ2) is 5.53. The van der Waals surface area contributed by atoms with Gasteiger partial charge in [0.2, 0.25) is 0 Å². The van der Waals surface area contributed by atoms with Crippen LogP contribution in [0.5, 0.6) is 0 Å². The molecule has 0 aliphatic rings. The molecule has 0 bridgehead atoms. The average Bonchev–Trinajstić information content (AvgIpc) is 2.38. The number of anilines is 1. The van der Waals surface area contributed by atoms with E-state index in [0.29, 0.717) is 16.8 Å². The molecule has 0 saturated carbocycles. The number of nitrogen functional groups attached to an aromatic ring is 1. The lowest BCUT2D eigenvalue weighted by molar-refractivity contribution is -0.384.